The first-order chi connectivity index (χ1) is 10.2. The third-order valence-corrected chi connectivity index (χ3v) is 4.49. The maximum absolute atomic E-state index is 5.38. The second-order valence-corrected chi connectivity index (χ2v) is 6.00. The fourth-order valence-corrected chi connectivity index (χ4v) is 3.22. The highest BCUT2D eigenvalue weighted by molar-refractivity contribution is 5.41. The summed E-state index contributed by atoms with van der Waals surface area (Å²) in [6.45, 7) is 5.19. The molecule has 0 saturated carbocycles. The topological polar surface area (TPSA) is 21.3 Å². The second kappa shape index (κ2) is 5.90. The molecule has 0 aromatic heterocycles. The summed E-state index contributed by atoms with van der Waals surface area (Å²) in [6.07, 6.45) is 2.29. The number of rotatable bonds is 4. The normalized spacial score (nSPS) is 14.2. The summed E-state index contributed by atoms with van der Waals surface area (Å²) in [7, 11) is 1.73. The van der Waals surface area contributed by atoms with Gasteiger partial charge in [0.1, 0.15) is 5.75 Å². The lowest BCUT2D eigenvalue weighted by Gasteiger charge is -2.15. The van der Waals surface area contributed by atoms with E-state index in [0.717, 1.165) is 25.1 Å². The Hall–Kier alpha value is -1.80. The first-order valence-electron chi connectivity index (χ1n) is 7.61. The number of ether oxygens (including phenoxy) is 1. The first-order valence-corrected chi connectivity index (χ1v) is 7.61. The van der Waals surface area contributed by atoms with Gasteiger partial charge in [0.25, 0.3) is 0 Å². The molecular formula is C19H23NO. The van der Waals surface area contributed by atoms with Gasteiger partial charge in [-0.25, -0.2) is 0 Å². The number of benzene rings is 2. The molecule has 0 unspecified atom stereocenters. The molecule has 0 atom stereocenters. The number of aryl methyl sites for hydroxylation is 2. The molecule has 0 aliphatic heterocycles. The Morgan fingerprint density at radius 2 is 1.71 bits per heavy atom. The predicted octanol–water partition coefficient (Wildman–Crippen LogP) is 3.57. The molecule has 2 aromatic carbocycles. The van der Waals surface area contributed by atoms with E-state index in [1.165, 1.54) is 27.8 Å². The minimum Gasteiger partial charge on any atom is -0.496 e. The lowest BCUT2D eigenvalue weighted by atomic mass is 10.0. The quantitative estimate of drug-likeness (QED) is 0.925. The molecular weight excluding hydrogens is 258 g/mol. The van der Waals surface area contributed by atoms with Crippen LogP contribution in [0.1, 0.15) is 27.8 Å². The molecule has 0 saturated heterocycles. The molecule has 3 rings (SSSR count). The Morgan fingerprint density at radius 1 is 1.05 bits per heavy atom. The van der Waals surface area contributed by atoms with Crippen molar-refractivity contribution in [2.45, 2.75) is 39.3 Å². The highest BCUT2D eigenvalue weighted by Crippen LogP contribution is 2.24. The molecule has 2 aromatic rings. The van der Waals surface area contributed by atoms with Crippen molar-refractivity contribution in [2.24, 2.45) is 0 Å². The van der Waals surface area contributed by atoms with Gasteiger partial charge in [-0.05, 0) is 60.6 Å². The van der Waals surface area contributed by atoms with E-state index in [2.05, 4.69) is 55.6 Å². The standard InChI is InChI=1S/C19H23NO/c1-13-9-19(21-3)14(2)8-17(13)12-20-18-10-15-6-4-5-7-16(15)11-18/h4-9,18,20H,10-12H2,1-3H3. The Kier molecular flexibility index (Phi) is 3.98. The van der Waals surface area contributed by atoms with Crippen molar-refractivity contribution < 1.29 is 4.74 Å². The van der Waals surface area contributed by atoms with E-state index in [1.807, 2.05) is 0 Å². The van der Waals surface area contributed by atoms with Crippen LogP contribution < -0.4 is 10.1 Å². The van der Waals surface area contributed by atoms with E-state index >= 15 is 0 Å². The van der Waals surface area contributed by atoms with E-state index in [0.29, 0.717) is 6.04 Å². The summed E-state index contributed by atoms with van der Waals surface area (Å²) in [4.78, 5) is 0. The Morgan fingerprint density at radius 3 is 2.33 bits per heavy atom. The maximum atomic E-state index is 5.38. The molecule has 0 radical (unpaired) electrons. The second-order valence-electron chi connectivity index (χ2n) is 6.00. The van der Waals surface area contributed by atoms with Gasteiger partial charge in [-0.3, -0.25) is 0 Å². The molecule has 0 amide bonds. The highest BCUT2D eigenvalue weighted by Gasteiger charge is 2.20. The van der Waals surface area contributed by atoms with E-state index in [-0.39, 0.29) is 0 Å². The number of fused-ring (bicyclic) bond motifs is 1. The van der Waals surface area contributed by atoms with Gasteiger partial charge in [0, 0.05) is 12.6 Å². The van der Waals surface area contributed by atoms with Gasteiger partial charge in [-0.2, -0.15) is 0 Å². The van der Waals surface area contributed by atoms with Gasteiger partial charge in [0.05, 0.1) is 7.11 Å². The fraction of sp³-hybridized carbons (Fsp3) is 0.368. The van der Waals surface area contributed by atoms with E-state index in [9.17, 15) is 0 Å². The lowest BCUT2D eigenvalue weighted by Crippen LogP contribution is -2.29. The van der Waals surface area contributed by atoms with Crippen LogP contribution in [-0.4, -0.2) is 13.2 Å². The highest BCUT2D eigenvalue weighted by atomic mass is 16.5. The minimum atomic E-state index is 0.559. The van der Waals surface area contributed by atoms with Crippen LogP contribution in [0.2, 0.25) is 0 Å². The molecule has 0 spiro atoms. The minimum absolute atomic E-state index is 0.559. The van der Waals surface area contributed by atoms with E-state index in [1.54, 1.807) is 7.11 Å². The third-order valence-electron chi connectivity index (χ3n) is 4.49. The summed E-state index contributed by atoms with van der Waals surface area (Å²) in [5.41, 5.74) is 6.86. The van der Waals surface area contributed by atoms with Gasteiger partial charge in [0.15, 0.2) is 0 Å². The summed E-state index contributed by atoms with van der Waals surface area (Å²) < 4.78 is 5.38. The number of methoxy groups -OCH3 is 1. The van der Waals surface area contributed by atoms with Gasteiger partial charge in [-0.15, -0.1) is 0 Å². The van der Waals surface area contributed by atoms with Crippen molar-refractivity contribution in [1.29, 1.82) is 0 Å². The zero-order chi connectivity index (χ0) is 14.8. The van der Waals surface area contributed by atoms with Crippen LogP contribution in [0, 0.1) is 13.8 Å². The van der Waals surface area contributed by atoms with Gasteiger partial charge in [0.2, 0.25) is 0 Å². The van der Waals surface area contributed by atoms with Crippen LogP contribution in [-0.2, 0) is 19.4 Å². The number of nitrogens with one attached hydrogen (secondary N) is 1. The van der Waals surface area contributed by atoms with Crippen molar-refractivity contribution in [2.75, 3.05) is 7.11 Å². The zero-order valence-electron chi connectivity index (χ0n) is 13.1. The van der Waals surface area contributed by atoms with Crippen molar-refractivity contribution in [1.82, 2.24) is 5.32 Å². The monoisotopic (exact) mass is 281 g/mol. The summed E-state index contributed by atoms with van der Waals surface area (Å²) in [6, 6.07) is 13.7. The summed E-state index contributed by atoms with van der Waals surface area (Å²) in [5, 5.41) is 3.71. The molecule has 1 aliphatic rings. The van der Waals surface area contributed by atoms with Crippen LogP contribution in [0.5, 0.6) is 5.75 Å². The first kappa shape index (κ1) is 14.2. The lowest BCUT2D eigenvalue weighted by molar-refractivity contribution is 0.411. The molecule has 110 valence electrons. The third kappa shape index (κ3) is 2.96. The van der Waals surface area contributed by atoms with Gasteiger partial charge < -0.3 is 10.1 Å². The average Bonchev–Trinajstić information content (AvgIpc) is 2.90. The molecule has 0 fully saturated rings. The molecule has 2 nitrogen and oxygen atoms in total. The Balaban J connectivity index is 1.66. The molecule has 1 N–H and O–H groups in total. The van der Waals surface area contributed by atoms with E-state index < -0.39 is 0 Å². The fourth-order valence-electron chi connectivity index (χ4n) is 3.22. The van der Waals surface area contributed by atoms with E-state index in [4.69, 9.17) is 4.74 Å². The predicted molar refractivity (Wildman–Crippen MR) is 86.9 cm³/mol. The van der Waals surface area contributed by atoms with Gasteiger partial charge >= 0.3 is 0 Å². The molecule has 0 heterocycles. The zero-order valence-corrected chi connectivity index (χ0v) is 13.1. The van der Waals surface area contributed by atoms with Crippen molar-refractivity contribution in [3.05, 3.63) is 64.2 Å². The van der Waals surface area contributed by atoms with Crippen LogP contribution in [0.25, 0.3) is 0 Å². The van der Waals surface area contributed by atoms with Crippen molar-refractivity contribution in [3.63, 3.8) is 0 Å². The summed E-state index contributed by atoms with van der Waals surface area (Å²) in [5.74, 6) is 0.976. The SMILES string of the molecule is COc1cc(C)c(CNC2Cc3ccccc3C2)cc1C. The Bertz CT molecular complexity index is 623. The summed E-state index contributed by atoms with van der Waals surface area (Å²) >= 11 is 0. The van der Waals surface area contributed by atoms with Crippen LogP contribution in [0.4, 0.5) is 0 Å². The van der Waals surface area contributed by atoms with Crippen LogP contribution in [0.3, 0.4) is 0 Å². The number of hydrogen-bond donors (Lipinski definition) is 1. The molecule has 21 heavy (non-hydrogen) atoms. The van der Waals surface area contributed by atoms with Crippen LogP contribution in [0.15, 0.2) is 36.4 Å². The maximum Gasteiger partial charge on any atom is 0.122 e. The Labute approximate surface area is 127 Å². The molecule has 1 aliphatic carbocycles. The van der Waals surface area contributed by atoms with Crippen molar-refractivity contribution >= 4 is 0 Å². The molecule has 0 bridgehead atoms. The van der Waals surface area contributed by atoms with Gasteiger partial charge in [-0.1, -0.05) is 30.3 Å². The number of hydrogen-bond acceptors (Lipinski definition) is 2. The average molecular weight is 281 g/mol. The molecule has 2 heteroatoms. The largest absolute Gasteiger partial charge is 0.496 e. The van der Waals surface area contributed by atoms with Crippen LogP contribution >= 0.6 is 0 Å². The van der Waals surface area contributed by atoms with Crippen molar-refractivity contribution in [3.8, 4) is 5.75 Å². The smallest absolute Gasteiger partial charge is 0.122 e.